The Kier molecular flexibility index (Phi) is 6.26. The summed E-state index contributed by atoms with van der Waals surface area (Å²) in [6.45, 7) is 6.81. The Balaban J connectivity index is 2.50. The molecule has 2 N–H and O–H groups in total. The number of carbonyl (C=O) groups excluding carboxylic acids is 1. The van der Waals surface area contributed by atoms with Crippen LogP contribution in [-0.4, -0.2) is 12.5 Å². The fourth-order valence-corrected chi connectivity index (χ4v) is 1.87. The second-order valence-corrected chi connectivity index (χ2v) is 4.70. The van der Waals surface area contributed by atoms with Gasteiger partial charge in [-0.25, -0.2) is 0 Å². The van der Waals surface area contributed by atoms with Gasteiger partial charge in [-0.15, -0.1) is 0 Å². The Hall–Kier alpha value is -1.51. The summed E-state index contributed by atoms with van der Waals surface area (Å²) in [6.07, 6.45) is 5.02. The molecule has 18 heavy (non-hydrogen) atoms. The van der Waals surface area contributed by atoms with Crippen molar-refractivity contribution in [2.75, 3.05) is 17.2 Å². The van der Waals surface area contributed by atoms with Gasteiger partial charge in [-0.2, -0.15) is 0 Å². The molecule has 1 rings (SSSR count). The molecule has 100 valence electrons. The molecule has 1 aromatic rings. The second-order valence-electron chi connectivity index (χ2n) is 4.70. The molecule has 0 fully saturated rings. The molecule has 1 aromatic carbocycles. The van der Waals surface area contributed by atoms with Crippen LogP contribution < -0.4 is 10.6 Å². The zero-order valence-corrected chi connectivity index (χ0v) is 11.7. The first-order valence-corrected chi connectivity index (χ1v) is 6.75. The fourth-order valence-electron chi connectivity index (χ4n) is 1.87. The summed E-state index contributed by atoms with van der Waals surface area (Å²) < 4.78 is 0. The monoisotopic (exact) mass is 248 g/mol. The van der Waals surface area contributed by atoms with Crippen LogP contribution in [0.25, 0.3) is 0 Å². The number of amides is 1. The van der Waals surface area contributed by atoms with Crippen molar-refractivity contribution in [1.82, 2.24) is 0 Å². The Bertz CT molecular complexity index is 388. The highest BCUT2D eigenvalue weighted by Gasteiger charge is 2.01. The number of carbonyl (C=O) groups is 1. The van der Waals surface area contributed by atoms with Crippen molar-refractivity contribution in [1.29, 1.82) is 0 Å². The highest BCUT2D eigenvalue weighted by molar-refractivity contribution is 5.89. The number of hydrogen-bond donors (Lipinski definition) is 2. The van der Waals surface area contributed by atoms with Gasteiger partial charge in [-0.1, -0.05) is 32.3 Å². The van der Waals surface area contributed by atoms with Gasteiger partial charge in [0.15, 0.2) is 0 Å². The Morgan fingerprint density at radius 3 is 2.67 bits per heavy atom. The zero-order chi connectivity index (χ0) is 13.4. The minimum absolute atomic E-state index is 0.0345. The number of aryl methyl sites for hydroxylation is 1. The van der Waals surface area contributed by atoms with Gasteiger partial charge in [0.05, 0.1) is 0 Å². The van der Waals surface area contributed by atoms with Crippen LogP contribution in [0.3, 0.4) is 0 Å². The lowest BCUT2D eigenvalue weighted by molar-refractivity contribution is -0.114. The molecule has 0 aliphatic carbocycles. The van der Waals surface area contributed by atoms with Crippen LogP contribution in [0.5, 0.6) is 0 Å². The first-order chi connectivity index (χ1) is 8.63. The van der Waals surface area contributed by atoms with Crippen molar-refractivity contribution < 1.29 is 4.79 Å². The van der Waals surface area contributed by atoms with Crippen molar-refractivity contribution >= 4 is 17.3 Å². The Morgan fingerprint density at radius 2 is 2.00 bits per heavy atom. The van der Waals surface area contributed by atoms with Crippen LogP contribution >= 0.6 is 0 Å². The number of anilines is 2. The van der Waals surface area contributed by atoms with Gasteiger partial charge < -0.3 is 10.6 Å². The van der Waals surface area contributed by atoms with Crippen molar-refractivity contribution in [2.45, 2.75) is 46.5 Å². The molecule has 0 bridgehead atoms. The summed E-state index contributed by atoms with van der Waals surface area (Å²) in [4.78, 5) is 11.0. The van der Waals surface area contributed by atoms with E-state index in [9.17, 15) is 4.79 Å². The van der Waals surface area contributed by atoms with Gasteiger partial charge in [0, 0.05) is 24.8 Å². The van der Waals surface area contributed by atoms with E-state index >= 15 is 0 Å². The van der Waals surface area contributed by atoms with E-state index in [4.69, 9.17) is 0 Å². The molecule has 0 heterocycles. The summed E-state index contributed by atoms with van der Waals surface area (Å²) in [6, 6.07) is 5.95. The van der Waals surface area contributed by atoms with E-state index in [1.54, 1.807) is 0 Å². The lowest BCUT2D eigenvalue weighted by Gasteiger charge is -2.11. The molecule has 1 amide bonds. The van der Waals surface area contributed by atoms with Crippen molar-refractivity contribution in [3.8, 4) is 0 Å². The van der Waals surface area contributed by atoms with Crippen LogP contribution in [0.1, 0.15) is 45.1 Å². The molecule has 0 aliphatic rings. The average Bonchev–Trinajstić information content (AvgIpc) is 2.32. The van der Waals surface area contributed by atoms with E-state index in [0.717, 1.165) is 17.9 Å². The maximum atomic E-state index is 11.0. The summed E-state index contributed by atoms with van der Waals surface area (Å²) >= 11 is 0. The molecule has 0 aliphatic heterocycles. The van der Waals surface area contributed by atoms with Crippen LogP contribution in [0, 0.1) is 6.92 Å². The summed E-state index contributed by atoms with van der Waals surface area (Å²) in [5.41, 5.74) is 3.17. The topological polar surface area (TPSA) is 41.1 Å². The van der Waals surface area contributed by atoms with Crippen molar-refractivity contribution in [3.05, 3.63) is 23.8 Å². The van der Waals surface area contributed by atoms with Crippen LogP contribution in [0.2, 0.25) is 0 Å². The van der Waals surface area contributed by atoms with E-state index in [0.29, 0.717) is 0 Å². The molecule has 0 aromatic heterocycles. The minimum Gasteiger partial charge on any atom is -0.385 e. The number of unbranched alkanes of at least 4 members (excludes halogenated alkanes) is 3. The van der Waals surface area contributed by atoms with Gasteiger partial charge in [0.1, 0.15) is 0 Å². The third kappa shape index (κ3) is 5.21. The third-order valence-electron chi connectivity index (χ3n) is 2.90. The number of nitrogens with one attached hydrogen (secondary N) is 2. The highest BCUT2D eigenvalue weighted by atomic mass is 16.1. The van der Waals surface area contributed by atoms with Crippen LogP contribution in [0.4, 0.5) is 11.4 Å². The summed E-state index contributed by atoms with van der Waals surface area (Å²) in [5, 5.41) is 6.24. The smallest absolute Gasteiger partial charge is 0.221 e. The first-order valence-electron chi connectivity index (χ1n) is 6.75. The van der Waals surface area contributed by atoms with Gasteiger partial charge in [0.2, 0.25) is 5.91 Å². The van der Waals surface area contributed by atoms with Crippen LogP contribution in [-0.2, 0) is 4.79 Å². The third-order valence-corrected chi connectivity index (χ3v) is 2.90. The van der Waals surface area contributed by atoms with E-state index in [2.05, 4.69) is 24.5 Å². The molecular weight excluding hydrogens is 224 g/mol. The molecule has 0 spiro atoms. The molecule has 0 saturated carbocycles. The SMILES string of the molecule is CCCCCCNc1cc(NC(C)=O)ccc1C. The van der Waals surface area contributed by atoms with E-state index < -0.39 is 0 Å². The van der Waals surface area contributed by atoms with Crippen LogP contribution in [0.15, 0.2) is 18.2 Å². The van der Waals surface area contributed by atoms with Crippen molar-refractivity contribution in [2.24, 2.45) is 0 Å². The molecule has 3 heteroatoms. The fraction of sp³-hybridized carbons (Fsp3) is 0.533. The second kappa shape index (κ2) is 7.75. The predicted molar refractivity (Wildman–Crippen MR) is 78.1 cm³/mol. The van der Waals surface area contributed by atoms with E-state index in [-0.39, 0.29) is 5.91 Å². The predicted octanol–water partition coefficient (Wildman–Crippen LogP) is 3.95. The number of rotatable bonds is 7. The summed E-state index contributed by atoms with van der Waals surface area (Å²) in [7, 11) is 0. The maximum absolute atomic E-state index is 11.0. The van der Waals surface area contributed by atoms with E-state index in [1.165, 1.54) is 38.2 Å². The van der Waals surface area contributed by atoms with Crippen molar-refractivity contribution in [3.63, 3.8) is 0 Å². The standard InChI is InChI=1S/C15H24N2O/c1-4-5-6-7-10-16-15-11-14(17-13(3)18)9-8-12(15)2/h8-9,11,16H,4-7,10H2,1-3H3,(H,17,18). The molecule has 0 saturated heterocycles. The Labute approximate surface area is 110 Å². The lowest BCUT2D eigenvalue weighted by atomic mass is 10.1. The normalized spacial score (nSPS) is 10.2. The lowest BCUT2D eigenvalue weighted by Crippen LogP contribution is -2.07. The van der Waals surface area contributed by atoms with E-state index in [1.807, 2.05) is 18.2 Å². The largest absolute Gasteiger partial charge is 0.385 e. The highest BCUT2D eigenvalue weighted by Crippen LogP contribution is 2.20. The summed E-state index contributed by atoms with van der Waals surface area (Å²) in [5.74, 6) is -0.0345. The number of hydrogen-bond acceptors (Lipinski definition) is 2. The maximum Gasteiger partial charge on any atom is 0.221 e. The molecule has 3 nitrogen and oxygen atoms in total. The molecule has 0 radical (unpaired) electrons. The van der Waals surface area contributed by atoms with Gasteiger partial charge in [0.25, 0.3) is 0 Å². The quantitative estimate of drug-likeness (QED) is 0.717. The Morgan fingerprint density at radius 1 is 1.22 bits per heavy atom. The minimum atomic E-state index is -0.0345. The molecule has 0 atom stereocenters. The molecule has 0 unspecified atom stereocenters. The first kappa shape index (κ1) is 14.6. The average molecular weight is 248 g/mol. The number of benzene rings is 1. The van der Waals surface area contributed by atoms with Gasteiger partial charge >= 0.3 is 0 Å². The molecular formula is C15H24N2O. The van der Waals surface area contributed by atoms with Gasteiger partial charge in [-0.3, -0.25) is 4.79 Å². The van der Waals surface area contributed by atoms with Gasteiger partial charge in [-0.05, 0) is 31.0 Å². The zero-order valence-electron chi connectivity index (χ0n) is 11.7.